The number of halogens is 1. The Balaban J connectivity index is 6.16. The molecule has 0 fully saturated rings. The first-order valence-electron chi connectivity index (χ1n) is 12.0. The van der Waals surface area contributed by atoms with E-state index in [-0.39, 0.29) is 17.2 Å². The zero-order valence-electron chi connectivity index (χ0n) is 21.8. The number of hydrogen-bond donors (Lipinski definition) is 0. The highest BCUT2D eigenvalue weighted by atomic mass is 127. The third-order valence-corrected chi connectivity index (χ3v) is 18.0. The zero-order valence-corrected chi connectivity index (χ0v) is 26.0. The maximum atomic E-state index is 7.17. The van der Waals surface area contributed by atoms with Crippen molar-refractivity contribution in [1.29, 1.82) is 0 Å². The van der Waals surface area contributed by atoms with Gasteiger partial charge in [-0.15, -0.1) is 0 Å². The van der Waals surface area contributed by atoms with Crippen molar-refractivity contribution in [3.63, 3.8) is 0 Å². The molecule has 0 radical (unpaired) electrons. The van der Waals surface area contributed by atoms with Crippen molar-refractivity contribution in [3.05, 3.63) is 24.8 Å². The summed E-state index contributed by atoms with van der Waals surface area (Å²) in [7, 11) is -3.62. The SMILES string of the molecule is C=C/C=C\[C@H](C)[C@H](O[Si](CC)(CC)CC)[C@@H](C)[C@H](O[Si](C)(C)C(C)(C)C)[C@H](C)CI. The molecule has 0 unspecified atom stereocenters. The largest absolute Gasteiger partial charge is 0.413 e. The predicted octanol–water partition coefficient (Wildman–Crippen LogP) is 8.85. The lowest BCUT2D eigenvalue weighted by atomic mass is 9.85. The van der Waals surface area contributed by atoms with Gasteiger partial charge >= 0.3 is 0 Å². The normalized spacial score (nSPS) is 18.8. The Morgan fingerprint density at radius 1 is 0.933 bits per heavy atom. The number of allylic oxidation sites excluding steroid dienone is 2. The van der Waals surface area contributed by atoms with Gasteiger partial charge in [-0.05, 0) is 48.1 Å². The van der Waals surface area contributed by atoms with E-state index in [4.69, 9.17) is 8.85 Å². The Labute approximate surface area is 205 Å². The van der Waals surface area contributed by atoms with Gasteiger partial charge in [0.05, 0.1) is 12.2 Å². The van der Waals surface area contributed by atoms with Crippen LogP contribution in [0.4, 0.5) is 0 Å². The lowest BCUT2D eigenvalue weighted by Crippen LogP contribution is -2.52. The van der Waals surface area contributed by atoms with Crippen molar-refractivity contribution in [2.24, 2.45) is 17.8 Å². The maximum absolute atomic E-state index is 7.17. The molecule has 0 aliphatic rings. The quantitative estimate of drug-likeness (QED) is 0.0905. The summed E-state index contributed by atoms with van der Waals surface area (Å²) in [5, 5.41) is 0.204. The van der Waals surface area contributed by atoms with Gasteiger partial charge in [0.2, 0.25) is 0 Å². The van der Waals surface area contributed by atoms with Crippen molar-refractivity contribution in [3.8, 4) is 0 Å². The van der Waals surface area contributed by atoms with Crippen LogP contribution in [-0.4, -0.2) is 33.3 Å². The molecule has 0 aromatic carbocycles. The molecular weight excluding hydrogens is 515 g/mol. The fourth-order valence-electron chi connectivity index (χ4n) is 3.88. The topological polar surface area (TPSA) is 18.5 Å². The highest BCUT2D eigenvalue weighted by Gasteiger charge is 2.44. The van der Waals surface area contributed by atoms with E-state index in [0.717, 1.165) is 4.43 Å². The van der Waals surface area contributed by atoms with Crippen LogP contribution in [0.3, 0.4) is 0 Å². The second-order valence-electron chi connectivity index (χ2n) is 10.6. The lowest BCUT2D eigenvalue weighted by molar-refractivity contribution is -0.00114. The second-order valence-corrected chi connectivity index (χ2v) is 21.0. The molecule has 0 saturated heterocycles. The molecule has 0 N–H and O–H groups in total. The standard InChI is InChI=1S/C25H51IO2Si2/c1-13-17-18-20(5)23(28-30(14-2,15-3)16-4)22(7)24(21(6)19-26)27-29(11,12)25(8,9)10/h13,17-18,20-24H,1,14-16,19H2,2-12H3/b18-17-/t20-,21+,22+,23-,24+/m0/s1. The van der Waals surface area contributed by atoms with E-state index in [1.54, 1.807) is 0 Å². The molecule has 0 spiro atoms. The van der Waals surface area contributed by atoms with Crippen LogP contribution >= 0.6 is 22.6 Å². The van der Waals surface area contributed by atoms with Gasteiger partial charge < -0.3 is 8.85 Å². The molecule has 2 nitrogen and oxygen atoms in total. The summed E-state index contributed by atoms with van der Waals surface area (Å²) in [6.07, 6.45) is 6.61. The smallest absolute Gasteiger partial charge is 0.192 e. The van der Waals surface area contributed by atoms with E-state index in [0.29, 0.717) is 17.8 Å². The van der Waals surface area contributed by atoms with Crippen LogP contribution in [0.25, 0.3) is 0 Å². The number of hydrogen-bond acceptors (Lipinski definition) is 2. The van der Waals surface area contributed by atoms with Gasteiger partial charge in [0, 0.05) is 10.3 Å². The first-order valence-corrected chi connectivity index (χ1v) is 18.9. The van der Waals surface area contributed by atoms with Crippen molar-refractivity contribution in [2.45, 2.75) is 111 Å². The van der Waals surface area contributed by atoms with Gasteiger partial charge in [0.1, 0.15) is 0 Å². The van der Waals surface area contributed by atoms with E-state index in [2.05, 4.69) is 117 Å². The average Bonchev–Trinajstić information content (AvgIpc) is 2.69. The summed E-state index contributed by atoms with van der Waals surface area (Å²) in [4.78, 5) is 0. The molecule has 0 aliphatic carbocycles. The van der Waals surface area contributed by atoms with E-state index in [1.807, 2.05) is 6.08 Å². The van der Waals surface area contributed by atoms with E-state index >= 15 is 0 Å². The summed E-state index contributed by atoms with van der Waals surface area (Å²) in [6.45, 7) is 29.6. The molecule has 0 aromatic heterocycles. The molecule has 0 heterocycles. The Morgan fingerprint density at radius 3 is 1.80 bits per heavy atom. The molecule has 5 heteroatoms. The molecule has 5 atom stereocenters. The second kappa shape index (κ2) is 13.3. The predicted molar refractivity (Wildman–Crippen MR) is 150 cm³/mol. The summed E-state index contributed by atoms with van der Waals surface area (Å²) >= 11 is 2.52. The Bertz CT molecular complexity index is 515. The summed E-state index contributed by atoms with van der Waals surface area (Å²) < 4.78 is 15.4. The molecule has 0 aromatic rings. The van der Waals surface area contributed by atoms with Gasteiger partial charge in [0.15, 0.2) is 16.6 Å². The van der Waals surface area contributed by atoms with E-state index < -0.39 is 16.6 Å². The highest BCUT2D eigenvalue weighted by Crippen LogP contribution is 2.41. The van der Waals surface area contributed by atoms with Gasteiger partial charge in [-0.25, -0.2) is 0 Å². The summed E-state index contributed by atoms with van der Waals surface area (Å²) in [5.74, 6) is 1.17. The number of rotatable bonds is 14. The summed E-state index contributed by atoms with van der Waals surface area (Å²) in [5.41, 5.74) is 0. The van der Waals surface area contributed by atoms with Crippen LogP contribution in [0.1, 0.15) is 62.3 Å². The van der Waals surface area contributed by atoms with Crippen LogP contribution in [0.5, 0.6) is 0 Å². The Hall–Kier alpha value is 0.564. The Morgan fingerprint density at radius 2 is 1.43 bits per heavy atom. The van der Waals surface area contributed by atoms with E-state index in [1.165, 1.54) is 18.1 Å². The van der Waals surface area contributed by atoms with Crippen LogP contribution in [0.2, 0.25) is 36.3 Å². The van der Waals surface area contributed by atoms with Crippen molar-refractivity contribution in [1.82, 2.24) is 0 Å². The fourth-order valence-corrected chi connectivity index (χ4v) is 8.87. The van der Waals surface area contributed by atoms with Crippen molar-refractivity contribution < 1.29 is 8.85 Å². The molecular formula is C25H51IO2Si2. The van der Waals surface area contributed by atoms with E-state index in [9.17, 15) is 0 Å². The maximum Gasteiger partial charge on any atom is 0.192 e. The fraction of sp³-hybridized carbons (Fsp3) is 0.840. The highest BCUT2D eigenvalue weighted by molar-refractivity contribution is 14.1. The molecule has 0 aliphatic heterocycles. The molecule has 30 heavy (non-hydrogen) atoms. The van der Waals surface area contributed by atoms with Crippen LogP contribution < -0.4 is 0 Å². The van der Waals surface area contributed by atoms with Crippen molar-refractivity contribution in [2.75, 3.05) is 4.43 Å². The average molecular weight is 567 g/mol. The van der Waals surface area contributed by atoms with Crippen LogP contribution in [0.15, 0.2) is 24.8 Å². The minimum Gasteiger partial charge on any atom is -0.413 e. The minimum atomic E-state index is -1.88. The molecule has 0 saturated carbocycles. The van der Waals surface area contributed by atoms with Gasteiger partial charge in [-0.3, -0.25) is 0 Å². The minimum absolute atomic E-state index is 0.174. The molecule has 0 rings (SSSR count). The first kappa shape index (κ1) is 30.6. The summed E-state index contributed by atoms with van der Waals surface area (Å²) in [6, 6.07) is 3.53. The first-order chi connectivity index (χ1) is 13.8. The van der Waals surface area contributed by atoms with Gasteiger partial charge in [-0.1, -0.05) is 110 Å². The Kier molecular flexibility index (Phi) is 13.6. The molecule has 0 amide bonds. The molecule has 0 bridgehead atoms. The third-order valence-electron chi connectivity index (χ3n) is 7.47. The van der Waals surface area contributed by atoms with Crippen LogP contribution in [0, 0.1) is 17.8 Å². The third kappa shape index (κ3) is 8.49. The zero-order chi connectivity index (χ0) is 23.8. The number of alkyl halides is 1. The van der Waals surface area contributed by atoms with Crippen LogP contribution in [-0.2, 0) is 8.85 Å². The lowest BCUT2D eigenvalue weighted by Gasteiger charge is -2.46. The van der Waals surface area contributed by atoms with Gasteiger partial charge in [0.25, 0.3) is 0 Å². The van der Waals surface area contributed by atoms with Crippen molar-refractivity contribution >= 4 is 39.2 Å². The van der Waals surface area contributed by atoms with Gasteiger partial charge in [-0.2, -0.15) is 0 Å². The molecule has 178 valence electrons. The monoisotopic (exact) mass is 566 g/mol.